The van der Waals surface area contributed by atoms with E-state index in [1.165, 1.54) is 5.56 Å². The molecule has 4 nitrogen and oxygen atoms in total. The third-order valence-electron chi connectivity index (χ3n) is 4.40. The number of amides is 1. The predicted octanol–water partition coefficient (Wildman–Crippen LogP) is 4.29. The van der Waals surface area contributed by atoms with Crippen LogP contribution in [0.5, 0.6) is 0 Å². The number of aryl methyl sites for hydroxylation is 1. The van der Waals surface area contributed by atoms with Gasteiger partial charge in [0.05, 0.1) is 0 Å². The topological polar surface area (TPSA) is 44.4 Å². The summed E-state index contributed by atoms with van der Waals surface area (Å²) >= 11 is 5.35. The molecule has 0 atom stereocenters. The van der Waals surface area contributed by atoms with Crippen molar-refractivity contribution in [3.8, 4) is 0 Å². The van der Waals surface area contributed by atoms with Crippen molar-refractivity contribution in [3.63, 3.8) is 0 Å². The van der Waals surface area contributed by atoms with Crippen LogP contribution in [0.4, 0.5) is 11.4 Å². The van der Waals surface area contributed by atoms with E-state index >= 15 is 0 Å². The van der Waals surface area contributed by atoms with Crippen LogP contribution in [0.3, 0.4) is 0 Å². The maximum absolute atomic E-state index is 12.3. The minimum atomic E-state index is 0.112. The second kappa shape index (κ2) is 8.12. The highest BCUT2D eigenvalue weighted by Crippen LogP contribution is 2.16. The maximum atomic E-state index is 12.3. The normalized spacial score (nSPS) is 13.6. The van der Waals surface area contributed by atoms with Crippen molar-refractivity contribution >= 4 is 34.6 Å². The summed E-state index contributed by atoms with van der Waals surface area (Å²) < 4.78 is 0. The molecule has 1 saturated heterocycles. The number of likely N-dealkylation sites (tertiary alicyclic amines) is 1. The van der Waals surface area contributed by atoms with Crippen molar-refractivity contribution in [1.82, 2.24) is 4.90 Å². The SMILES string of the molecule is CCc1ccc(NC(=S)Nc2ccc(C(=O)N3CCCC3)cc2)cc1. The van der Waals surface area contributed by atoms with E-state index in [9.17, 15) is 4.79 Å². The Hall–Kier alpha value is -2.40. The molecule has 2 aromatic rings. The first-order valence-electron chi connectivity index (χ1n) is 8.72. The number of nitrogens with one attached hydrogen (secondary N) is 2. The summed E-state index contributed by atoms with van der Waals surface area (Å²) in [5, 5.41) is 6.85. The Morgan fingerprint density at radius 1 is 0.960 bits per heavy atom. The molecule has 1 heterocycles. The van der Waals surface area contributed by atoms with Gasteiger partial charge in [-0.1, -0.05) is 19.1 Å². The van der Waals surface area contributed by atoms with Crippen molar-refractivity contribution in [3.05, 3.63) is 59.7 Å². The lowest BCUT2D eigenvalue weighted by atomic mass is 10.1. The minimum Gasteiger partial charge on any atom is -0.339 e. The van der Waals surface area contributed by atoms with Crippen molar-refractivity contribution in [2.45, 2.75) is 26.2 Å². The molecule has 0 radical (unpaired) electrons. The van der Waals surface area contributed by atoms with Gasteiger partial charge in [-0.05, 0) is 73.4 Å². The number of benzene rings is 2. The van der Waals surface area contributed by atoms with Crippen LogP contribution in [-0.4, -0.2) is 29.0 Å². The lowest BCUT2D eigenvalue weighted by Crippen LogP contribution is -2.27. The molecule has 3 rings (SSSR count). The summed E-state index contributed by atoms with van der Waals surface area (Å²) in [6.07, 6.45) is 3.22. The zero-order valence-corrected chi connectivity index (χ0v) is 15.2. The van der Waals surface area contributed by atoms with Crippen LogP contribution in [0, 0.1) is 0 Å². The molecule has 130 valence electrons. The average Bonchev–Trinajstić information content (AvgIpc) is 3.17. The largest absolute Gasteiger partial charge is 0.339 e. The van der Waals surface area contributed by atoms with E-state index in [0.29, 0.717) is 5.11 Å². The van der Waals surface area contributed by atoms with Crippen LogP contribution in [0.15, 0.2) is 48.5 Å². The third kappa shape index (κ3) is 4.57. The van der Waals surface area contributed by atoms with Crippen molar-refractivity contribution in [2.24, 2.45) is 0 Å². The van der Waals surface area contributed by atoms with Gasteiger partial charge in [0, 0.05) is 30.0 Å². The Bertz CT molecular complexity index is 735. The van der Waals surface area contributed by atoms with Crippen LogP contribution in [-0.2, 0) is 6.42 Å². The number of hydrogen-bond acceptors (Lipinski definition) is 2. The fourth-order valence-electron chi connectivity index (χ4n) is 2.92. The summed E-state index contributed by atoms with van der Waals surface area (Å²) in [6.45, 7) is 3.86. The highest BCUT2D eigenvalue weighted by Gasteiger charge is 2.19. The molecule has 2 aromatic carbocycles. The van der Waals surface area contributed by atoms with Gasteiger partial charge in [0.2, 0.25) is 0 Å². The number of hydrogen-bond donors (Lipinski definition) is 2. The molecular weight excluding hydrogens is 330 g/mol. The molecule has 1 aliphatic rings. The second-order valence-corrected chi connectivity index (χ2v) is 6.61. The van der Waals surface area contributed by atoms with E-state index in [0.717, 1.165) is 49.3 Å². The van der Waals surface area contributed by atoms with Gasteiger partial charge < -0.3 is 15.5 Å². The first kappa shape index (κ1) is 17.4. The third-order valence-corrected chi connectivity index (χ3v) is 4.61. The van der Waals surface area contributed by atoms with Crippen LogP contribution < -0.4 is 10.6 Å². The minimum absolute atomic E-state index is 0.112. The van der Waals surface area contributed by atoms with Crippen LogP contribution in [0.1, 0.15) is 35.7 Å². The van der Waals surface area contributed by atoms with E-state index in [-0.39, 0.29) is 5.91 Å². The van der Waals surface area contributed by atoms with Gasteiger partial charge in [-0.2, -0.15) is 0 Å². The van der Waals surface area contributed by atoms with E-state index < -0.39 is 0 Å². The first-order valence-corrected chi connectivity index (χ1v) is 9.13. The molecule has 5 heteroatoms. The summed E-state index contributed by atoms with van der Waals surface area (Å²) in [7, 11) is 0. The van der Waals surface area contributed by atoms with Gasteiger partial charge in [0.25, 0.3) is 5.91 Å². The van der Waals surface area contributed by atoms with E-state index in [1.807, 2.05) is 41.3 Å². The van der Waals surface area contributed by atoms with Gasteiger partial charge >= 0.3 is 0 Å². The molecular formula is C20H23N3OS. The zero-order chi connectivity index (χ0) is 17.6. The first-order chi connectivity index (χ1) is 12.2. The molecule has 0 spiro atoms. The molecule has 0 aromatic heterocycles. The quantitative estimate of drug-likeness (QED) is 0.805. The highest BCUT2D eigenvalue weighted by atomic mass is 32.1. The van der Waals surface area contributed by atoms with Gasteiger partial charge in [0.15, 0.2) is 5.11 Å². The zero-order valence-electron chi connectivity index (χ0n) is 14.4. The molecule has 1 amide bonds. The summed E-state index contributed by atoms with van der Waals surface area (Å²) in [5.74, 6) is 0.112. The number of thiocarbonyl (C=S) groups is 1. The molecule has 2 N–H and O–H groups in total. The van der Waals surface area contributed by atoms with Gasteiger partial charge in [-0.25, -0.2) is 0 Å². The maximum Gasteiger partial charge on any atom is 0.253 e. The molecule has 1 aliphatic heterocycles. The second-order valence-electron chi connectivity index (χ2n) is 6.21. The highest BCUT2D eigenvalue weighted by molar-refractivity contribution is 7.80. The average molecular weight is 353 g/mol. The fourth-order valence-corrected chi connectivity index (χ4v) is 3.15. The molecule has 0 bridgehead atoms. The van der Waals surface area contributed by atoms with Crippen molar-refractivity contribution in [1.29, 1.82) is 0 Å². The van der Waals surface area contributed by atoms with Crippen LogP contribution in [0.2, 0.25) is 0 Å². The van der Waals surface area contributed by atoms with Gasteiger partial charge in [0.1, 0.15) is 0 Å². The smallest absolute Gasteiger partial charge is 0.253 e. The number of nitrogens with zero attached hydrogens (tertiary/aromatic N) is 1. The van der Waals surface area contributed by atoms with Crippen molar-refractivity contribution < 1.29 is 4.79 Å². The van der Waals surface area contributed by atoms with Gasteiger partial charge in [-0.15, -0.1) is 0 Å². The monoisotopic (exact) mass is 353 g/mol. The van der Waals surface area contributed by atoms with E-state index in [4.69, 9.17) is 12.2 Å². The Morgan fingerprint density at radius 2 is 1.48 bits per heavy atom. The molecule has 0 saturated carbocycles. The van der Waals surface area contributed by atoms with Crippen molar-refractivity contribution in [2.75, 3.05) is 23.7 Å². The molecule has 25 heavy (non-hydrogen) atoms. The summed E-state index contributed by atoms with van der Waals surface area (Å²) in [5.41, 5.74) is 3.83. The predicted molar refractivity (Wildman–Crippen MR) is 107 cm³/mol. The van der Waals surface area contributed by atoms with E-state index in [1.54, 1.807) is 0 Å². The Balaban J connectivity index is 1.56. The van der Waals surface area contributed by atoms with E-state index in [2.05, 4.69) is 29.7 Å². The standard InChI is InChI=1S/C20H23N3OS/c1-2-15-5-9-17(10-6-15)21-20(25)22-18-11-7-16(8-12-18)19(24)23-13-3-4-14-23/h5-12H,2-4,13-14H2,1H3,(H2,21,22,25). The van der Waals surface area contributed by atoms with Gasteiger partial charge in [-0.3, -0.25) is 4.79 Å². The lowest BCUT2D eigenvalue weighted by Gasteiger charge is -2.15. The Labute approximate surface area is 154 Å². The van der Waals surface area contributed by atoms with Crippen LogP contribution >= 0.6 is 12.2 Å². The number of carbonyl (C=O) groups excluding carboxylic acids is 1. The number of anilines is 2. The molecule has 1 fully saturated rings. The summed E-state index contributed by atoms with van der Waals surface area (Å²) in [4.78, 5) is 14.3. The summed E-state index contributed by atoms with van der Waals surface area (Å²) in [6, 6.07) is 15.7. The number of carbonyl (C=O) groups is 1. The Kier molecular flexibility index (Phi) is 5.66. The molecule has 0 unspecified atom stereocenters. The number of rotatable bonds is 4. The fraction of sp³-hybridized carbons (Fsp3) is 0.300. The Morgan fingerprint density at radius 3 is 2.00 bits per heavy atom. The lowest BCUT2D eigenvalue weighted by molar-refractivity contribution is 0.0793. The molecule has 0 aliphatic carbocycles. The van der Waals surface area contributed by atoms with Crippen LogP contribution in [0.25, 0.3) is 0 Å².